The molecule has 0 aliphatic carbocycles. The highest BCUT2D eigenvalue weighted by Crippen LogP contribution is 2.34. The molecule has 2 amide bonds. The van der Waals surface area contributed by atoms with Crippen LogP contribution in [-0.4, -0.2) is 69.3 Å². The first-order valence-corrected chi connectivity index (χ1v) is 14.7. The number of hydrogen-bond acceptors (Lipinski definition) is 6. The molecular weight excluding hydrogens is 506 g/mol. The van der Waals surface area contributed by atoms with Gasteiger partial charge in [-0.1, -0.05) is 30.3 Å². The van der Waals surface area contributed by atoms with E-state index in [2.05, 4.69) is 5.32 Å². The van der Waals surface area contributed by atoms with E-state index in [1.807, 2.05) is 51.1 Å². The second kappa shape index (κ2) is 12.5. The monoisotopic (exact) mass is 545 g/mol. The van der Waals surface area contributed by atoms with Crippen LogP contribution in [0.15, 0.2) is 48.5 Å². The van der Waals surface area contributed by atoms with Gasteiger partial charge in [-0.15, -0.1) is 0 Å². The molecule has 2 aromatic carbocycles. The number of fused-ring (bicyclic) bond motifs is 1. The Labute approximate surface area is 226 Å². The Hall–Kier alpha value is -3.27. The van der Waals surface area contributed by atoms with E-state index < -0.39 is 21.6 Å². The summed E-state index contributed by atoms with van der Waals surface area (Å²) in [6.45, 7) is 8.73. The summed E-state index contributed by atoms with van der Waals surface area (Å²) in [7, 11) is -3.61. The van der Waals surface area contributed by atoms with Crippen LogP contribution in [0.4, 0.5) is 5.69 Å². The molecule has 0 fully saturated rings. The Morgan fingerprint density at radius 1 is 1.00 bits per heavy atom. The average molecular weight is 546 g/mol. The summed E-state index contributed by atoms with van der Waals surface area (Å²) in [5, 5.41) is 2.95. The van der Waals surface area contributed by atoms with Crippen LogP contribution in [0.3, 0.4) is 0 Å². The van der Waals surface area contributed by atoms with Crippen LogP contribution in [0, 0.1) is 0 Å². The van der Waals surface area contributed by atoms with Gasteiger partial charge in [0.1, 0.15) is 19.3 Å². The summed E-state index contributed by atoms with van der Waals surface area (Å²) in [4.78, 5) is 27.9. The van der Waals surface area contributed by atoms with E-state index in [9.17, 15) is 18.0 Å². The SMILES string of the molecule is CC(C(=O)NC(C)(C)C)N(CCc1ccccc1)C(=O)CCCN(c1ccc2c(c1)OCCO2)S(C)(=O)=O. The van der Waals surface area contributed by atoms with Crippen molar-refractivity contribution >= 4 is 27.5 Å². The van der Waals surface area contributed by atoms with Gasteiger partial charge in [-0.25, -0.2) is 8.42 Å². The molecule has 10 heteroatoms. The second-order valence-electron chi connectivity index (χ2n) is 10.5. The van der Waals surface area contributed by atoms with Gasteiger partial charge >= 0.3 is 0 Å². The molecule has 0 saturated carbocycles. The molecular formula is C28H39N3O6S. The zero-order valence-corrected chi connectivity index (χ0v) is 23.7. The van der Waals surface area contributed by atoms with Crippen molar-refractivity contribution in [1.82, 2.24) is 10.2 Å². The van der Waals surface area contributed by atoms with Gasteiger partial charge in [-0.3, -0.25) is 13.9 Å². The van der Waals surface area contributed by atoms with Crippen LogP contribution in [-0.2, 0) is 26.0 Å². The van der Waals surface area contributed by atoms with E-state index in [1.165, 1.54) is 4.31 Å². The predicted molar refractivity (Wildman–Crippen MR) is 148 cm³/mol. The molecule has 1 N–H and O–H groups in total. The summed E-state index contributed by atoms with van der Waals surface area (Å²) in [5.41, 5.74) is 1.08. The fourth-order valence-electron chi connectivity index (χ4n) is 4.24. The molecule has 9 nitrogen and oxygen atoms in total. The van der Waals surface area contributed by atoms with Crippen LogP contribution < -0.4 is 19.1 Å². The van der Waals surface area contributed by atoms with Crippen LogP contribution in [0.25, 0.3) is 0 Å². The summed E-state index contributed by atoms with van der Waals surface area (Å²) in [5.74, 6) is 0.630. The Morgan fingerprint density at radius 3 is 2.29 bits per heavy atom. The molecule has 1 unspecified atom stereocenters. The lowest BCUT2D eigenvalue weighted by Gasteiger charge is -2.32. The van der Waals surface area contributed by atoms with Gasteiger partial charge in [0.05, 0.1) is 11.9 Å². The molecule has 1 aliphatic heterocycles. The van der Waals surface area contributed by atoms with Crippen LogP contribution in [0.1, 0.15) is 46.1 Å². The molecule has 3 rings (SSSR count). The summed E-state index contributed by atoms with van der Waals surface area (Å²) in [6, 6.07) is 14.1. The van der Waals surface area contributed by atoms with Crippen molar-refractivity contribution in [2.45, 2.75) is 58.5 Å². The van der Waals surface area contributed by atoms with E-state index in [-0.39, 0.29) is 31.2 Å². The van der Waals surface area contributed by atoms with Crippen molar-refractivity contribution < 1.29 is 27.5 Å². The maximum Gasteiger partial charge on any atom is 0.242 e. The number of hydrogen-bond donors (Lipinski definition) is 1. The third-order valence-electron chi connectivity index (χ3n) is 6.12. The molecule has 0 bridgehead atoms. The van der Waals surface area contributed by atoms with Crippen LogP contribution in [0.2, 0.25) is 0 Å². The molecule has 0 spiro atoms. The Bertz CT molecular complexity index is 1210. The fourth-order valence-corrected chi connectivity index (χ4v) is 5.19. The standard InChI is InChI=1S/C28H39N3O6S/c1-21(27(33)29-28(2,3)4)30(17-15-22-10-7-6-8-11-22)26(32)12-9-16-31(38(5,34)35)23-13-14-24-25(20-23)37-19-18-36-24/h6-8,10-11,13-14,20-21H,9,12,15-19H2,1-5H3,(H,29,33). The second-order valence-corrected chi connectivity index (χ2v) is 12.4. The third-order valence-corrected chi connectivity index (χ3v) is 7.31. The Kier molecular flexibility index (Phi) is 9.65. The Balaban J connectivity index is 1.70. The molecule has 1 aliphatic rings. The topological polar surface area (TPSA) is 105 Å². The lowest BCUT2D eigenvalue weighted by molar-refractivity contribution is -0.140. The minimum atomic E-state index is -3.61. The fraction of sp³-hybridized carbons (Fsp3) is 0.500. The number of carbonyl (C=O) groups excluding carboxylic acids is 2. The number of rotatable bonds is 11. The van der Waals surface area contributed by atoms with Crippen LogP contribution in [0.5, 0.6) is 11.5 Å². The van der Waals surface area contributed by atoms with Crippen LogP contribution >= 0.6 is 0 Å². The molecule has 0 aromatic heterocycles. The third kappa shape index (κ3) is 8.37. The summed E-state index contributed by atoms with van der Waals surface area (Å²) in [6.07, 6.45) is 2.12. The molecule has 2 aromatic rings. The van der Waals surface area contributed by atoms with Gasteiger partial charge in [0, 0.05) is 31.1 Å². The van der Waals surface area contributed by atoms with Crippen molar-refractivity contribution in [3.05, 3.63) is 54.1 Å². The highest BCUT2D eigenvalue weighted by atomic mass is 32.2. The van der Waals surface area contributed by atoms with E-state index in [0.717, 1.165) is 11.8 Å². The van der Waals surface area contributed by atoms with Gasteiger partial charge in [-0.2, -0.15) is 0 Å². The zero-order valence-electron chi connectivity index (χ0n) is 22.9. The first-order valence-electron chi connectivity index (χ1n) is 12.9. The minimum Gasteiger partial charge on any atom is -0.486 e. The lowest BCUT2D eigenvalue weighted by atomic mass is 10.1. The first kappa shape index (κ1) is 29.3. The normalized spacial score (nSPS) is 13.9. The van der Waals surface area contributed by atoms with Crippen molar-refractivity contribution in [3.8, 4) is 11.5 Å². The summed E-state index contributed by atoms with van der Waals surface area (Å²) < 4.78 is 37.6. The number of anilines is 1. The number of ether oxygens (including phenoxy) is 2. The van der Waals surface area contributed by atoms with Gasteiger partial charge in [0.25, 0.3) is 0 Å². The van der Waals surface area contributed by atoms with Crippen molar-refractivity contribution in [2.75, 3.05) is 36.9 Å². The molecule has 1 atom stereocenters. The number of nitrogens with one attached hydrogen (secondary N) is 1. The van der Waals surface area contributed by atoms with E-state index >= 15 is 0 Å². The zero-order chi connectivity index (χ0) is 27.9. The highest BCUT2D eigenvalue weighted by Gasteiger charge is 2.28. The van der Waals surface area contributed by atoms with Crippen molar-refractivity contribution in [2.24, 2.45) is 0 Å². The molecule has 208 valence electrons. The maximum absolute atomic E-state index is 13.4. The highest BCUT2D eigenvalue weighted by molar-refractivity contribution is 7.92. The number of sulfonamides is 1. The number of amides is 2. The predicted octanol–water partition coefficient (Wildman–Crippen LogP) is 3.38. The van der Waals surface area contributed by atoms with E-state index in [4.69, 9.17) is 9.47 Å². The number of carbonyl (C=O) groups is 2. The van der Waals surface area contributed by atoms with Crippen molar-refractivity contribution in [1.29, 1.82) is 0 Å². The smallest absolute Gasteiger partial charge is 0.242 e. The quantitative estimate of drug-likeness (QED) is 0.464. The Morgan fingerprint density at radius 2 is 1.66 bits per heavy atom. The van der Waals surface area contributed by atoms with E-state index in [0.29, 0.717) is 43.4 Å². The van der Waals surface area contributed by atoms with Gasteiger partial charge < -0.3 is 19.7 Å². The number of benzene rings is 2. The summed E-state index contributed by atoms with van der Waals surface area (Å²) >= 11 is 0. The van der Waals surface area contributed by atoms with Crippen molar-refractivity contribution in [3.63, 3.8) is 0 Å². The van der Waals surface area contributed by atoms with E-state index in [1.54, 1.807) is 30.0 Å². The molecule has 0 radical (unpaired) electrons. The van der Waals surface area contributed by atoms with Gasteiger partial charge in [0.2, 0.25) is 21.8 Å². The van der Waals surface area contributed by atoms with Gasteiger partial charge in [-0.05, 0) is 58.2 Å². The molecule has 38 heavy (non-hydrogen) atoms. The van der Waals surface area contributed by atoms with Gasteiger partial charge in [0.15, 0.2) is 11.5 Å². The largest absolute Gasteiger partial charge is 0.486 e. The minimum absolute atomic E-state index is 0.0957. The first-order chi connectivity index (χ1) is 17.8. The molecule has 1 heterocycles. The molecule has 0 saturated heterocycles. The number of nitrogens with zero attached hydrogens (tertiary/aromatic N) is 2. The lowest BCUT2D eigenvalue weighted by Crippen LogP contribution is -2.53. The maximum atomic E-state index is 13.4. The average Bonchev–Trinajstić information content (AvgIpc) is 2.85.